The molecule has 0 aliphatic carbocycles. The molecule has 11 heteroatoms. The Hall–Kier alpha value is -4.87. The van der Waals surface area contributed by atoms with Crippen LogP contribution in [-0.4, -0.2) is 18.1 Å². The first-order chi connectivity index (χ1) is 19.0. The minimum Gasteiger partial charge on any atom is -0.505 e. The maximum absolute atomic E-state index is 12.3. The number of hydrogen-bond donors (Lipinski definition) is 4. The number of aryl methyl sites for hydroxylation is 3. The highest BCUT2D eigenvalue weighted by molar-refractivity contribution is 7.86. The molecule has 0 bridgehead atoms. The van der Waals surface area contributed by atoms with E-state index in [0.717, 1.165) is 11.1 Å². The zero-order chi connectivity index (χ0) is 28.8. The van der Waals surface area contributed by atoms with Gasteiger partial charge in [0.05, 0.1) is 16.8 Å². The van der Waals surface area contributed by atoms with Gasteiger partial charge in [-0.05, 0) is 78.6 Å². The normalized spacial score (nSPS) is 12.3. The molecule has 5 rings (SSSR count). The lowest BCUT2D eigenvalue weighted by Crippen LogP contribution is -2.00. The van der Waals surface area contributed by atoms with Crippen molar-refractivity contribution in [1.82, 2.24) is 0 Å². The third kappa shape index (κ3) is 4.83. The molecule has 0 radical (unpaired) electrons. The van der Waals surface area contributed by atoms with Crippen molar-refractivity contribution in [3.05, 3.63) is 83.4 Å². The number of nitrogens with two attached hydrogens (primary N) is 2. The molecule has 0 unspecified atom stereocenters. The van der Waals surface area contributed by atoms with E-state index in [2.05, 4.69) is 20.5 Å². The summed E-state index contributed by atoms with van der Waals surface area (Å²) in [5.74, 6) is -0.251. The number of nitrogen functional groups attached to an aromatic ring is 2. The molecule has 0 saturated carbocycles. The van der Waals surface area contributed by atoms with Crippen LogP contribution in [0.1, 0.15) is 16.7 Å². The number of fused-ring (bicyclic) bond motifs is 2. The third-order valence-electron chi connectivity index (χ3n) is 6.68. The average Bonchev–Trinajstić information content (AvgIpc) is 2.89. The lowest BCUT2D eigenvalue weighted by molar-refractivity contribution is 0.482. The monoisotopic (exact) mass is 554 g/mol. The molecular weight excluding hydrogens is 528 g/mol. The van der Waals surface area contributed by atoms with Crippen molar-refractivity contribution in [3.8, 4) is 5.75 Å². The Morgan fingerprint density at radius 2 is 1.40 bits per heavy atom. The van der Waals surface area contributed by atoms with Crippen molar-refractivity contribution in [2.75, 3.05) is 11.5 Å². The summed E-state index contributed by atoms with van der Waals surface area (Å²) in [6.07, 6.45) is 0. The zero-order valence-corrected chi connectivity index (χ0v) is 22.7. The highest BCUT2D eigenvalue weighted by Crippen LogP contribution is 2.45. The van der Waals surface area contributed by atoms with Crippen LogP contribution >= 0.6 is 0 Å². The molecule has 0 aliphatic rings. The van der Waals surface area contributed by atoms with Crippen molar-refractivity contribution in [1.29, 1.82) is 0 Å². The van der Waals surface area contributed by atoms with E-state index >= 15 is 0 Å². The average molecular weight is 555 g/mol. The molecule has 0 saturated heterocycles. The van der Waals surface area contributed by atoms with Gasteiger partial charge in [-0.2, -0.15) is 13.5 Å². The summed E-state index contributed by atoms with van der Waals surface area (Å²) < 4.78 is 34.7. The van der Waals surface area contributed by atoms with Gasteiger partial charge in [-0.25, -0.2) is 0 Å². The highest BCUT2D eigenvalue weighted by Gasteiger charge is 2.21. The number of anilines is 2. The molecule has 0 heterocycles. The Bertz CT molecular complexity index is 2000. The number of azo groups is 2. The molecular formula is C29H26N6O4S. The van der Waals surface area contributed by atoms with Crippen LogP contribution < -0.4 is 11.5 Å². The second-order valence-electron chi connectivity index (χ2n) is 9.49. The molecule has 10 nitrogen and oxygen atoms in total. The predicted octanol–water partition coefficient (Wildman–Crippen LogP) is 7.87. The number of nitrogens with zero attached hydrogens (tertiary/aromatic N) is 4. The molecule has 5 aromatic carbocycles. The number of hydrogen-bond acceptors (Lipinski definition) is 9. The van der Waals surface area contributed by atoms with Gasteiger partial charge in [0.15, 0.2) is 5.75 Å². The quantitative estimate of drug-likeness (QED) is 0.0975. The molecule has 0 fully saturated rings. The predicted molar refractivity (Wildman–Crippen MR) is 157 cm³/mol. The lowest BCUT2D eigenvalue weighted by Gasteiger charge is -2.12. The summed E-state index contributed by atoms with van der Waals surface area (Å²) in [7, 11) is -4.65. The van der Waals surface area contributed by atoms with Gasteiger partial charge in [0.25, 0.3) is 10.1 Å². The molecule has 0 atom stereocenters. The fraction of sp³-hybridized carbons (Fsp3) is 0.103. The largest absolute Gasteiger partial charge is 0.505 e. The first-order valence-electron chi connectivity index (χ1n) is 12.2. The van der Waals surface area contributed by atoms with Gasteiger partial charge in [-0.1, -0.05) is 36.4 Å². The minimum atomic E-state index is -4.65. The molecule has 0 spiro atoms. The Labute approximate surface area is 230 Å². The van der Waals surface area contributed by atoms with E-state index in [1.165, 1.54) is 6.07 Å². The number of phenolic OH excluding ortho intramolecular Hbond substituents is 1. The number of phenols is 1. The van der Waals surface area contributed by atoms with Gasteiger partial charge in [0.2, 0.25) is 0 Å². The first kappa shape index (κ1) is 26.7. The van der Waals surface area contributed by atoms with Gasteiger partial charge in [-0.15, -0.1) is 15.3 Å². The minimum absolute atomic E-state index is 0.0764. The van der Waals surface area contributed by atoms with Crippen LogP contribution in [0.3, 0.4) is 0 Å². The fourth-order valence-corrected chi connectivity index (χ4v) is 5.43. The maximum Gasteiger partial charge on any atom is 0.297 e. The van der Waals surface area contributed by atoms with E-state index in [4.69, 9.17) is 11.5 Å². The Balaban J connectivity index is 1.63. The topological polar surface area (TPSA) is 176 Å². The summed E-state index contributed by atoms with van der Waals surface area (Å²) in [6.45, 7) is 5.45. The highest BCUT2D eigenvalue weighted by atomic mass is 32.2. The van der Waals surface area contributed by atoms with Crippen LogP contribution in [0.4, 0.5) is 34.1 Å². The summed E-state index contributed by atoms with van der Waals surface area (Å²) >= 11 is 0. The van der Waals surface area contributed by atoms with Gasteiger partial charge in [0.1, 0.15) is 22.0 Å². The molecule has 0 aliphatic heterocycles. The molecule has 0 amide bonds. The second kappa shape index (κ2) is 10.0. The van der Waals surface area contributed by atoms with Crippen LogP contribution in [-0.2, 0) is 10.1 Å². The smallest absolute Gasteiger partial charge is 0.297 e. The van der Waals surface area contributed by atoms with E-state index < -0.39 is 10.1 Å². The van der Waals surface area contributed by atoms with Gasteiger partial charge in [-0.3, -0.25) is 4.55 Å². The summed E-state index contributed by atoms with van der Waals surface area (Å²) in [5.41, 5.74) is 16.2. The molecule has 0 aromatic heterocycles. The first-order valence-corrected chi connectivity index (χ1v) is 13.6. The SMILES string of the molecule is Cc1ccc(N)cc1N=Nc1ccc2cc(C)c(N=Nc3ccc4c(C)cccc4c3S(=O)(=O)O)c(O)c2c1N. The Kier molecular flexibility index (Phi) is 6.70. The van der Waals surface area contributed by atoms with E-state index in [1.807, 2.05) is 26.0 Å². The number of benzene rings is 5. The van der Waals surface area contributed by atoms with E-state index in [1.54, 1.807) is 55.5 Å². The van der Waals surface area contributed by atoms with Crippen LogP contribution in [0.2, 0.25) is 0 Å². The molecule has 5 aromatic rings. The van der Waals surface area contributed by atoms with E-state index in [0.29, 0.717) is 44.2 Å². The summed E-state index contributed by atoms with van der Waals surface area (Å²) in [5, 5.41) is 30.0. The Morgan fingerprint density at radius 1 is 0.700 bits per heavy atom. The van der Waals surface area contributed by atoms with Crippen LogP contribution in [0.25, 0.3) is 21.5 Å². The summed E-state index contributed by atoms with van der Waals surface area (Å²) in [4.78, 5) is -0.366. The van der Waals surface area contributed by atoms with Crippen molar-refractivity contribution in [2.24, 2.45) is 20.5 Å². The lowest BCUT2D eigenvalue weighted by atomic mass is 10.0. The van der Waals surface area contributed by atoms with Crippen molar-refractivity contribution < 1.29 is 18.1 Å². The Morgan fingerprint density at radius 3 is 2.15 bits per heavy atom. The summed E-state index contributed by atoms with van der Waals surface area (Å²) in [6, 6.07) is 18.8. The van der Waals surface area contributed by atoms with Crippen molar-refractivity contribution in [3.63, 3.8) is 0 Å². The molecule has 202 valence electrons. The van der Waals surface area contributed by atoms with Crippen LogP contribution in [0, 0.1) is 20.8 Å². The zero-order valence-electron chi connectivity index (χ0n) is 21.9. The van der Waals surface area contributed by atoms with E-state index in [-0.39, 0.29) is 27.7 Å². The number of rotatable bonds is 5. The third-order valence-corrected chi connectivity index (χ3v) is 7.63. The standard InChI is InChI=1S/C29H26N6O4S/c1-15-5-4-6-21-20(15)10-12-23(29(21)40(37,38)39)33-35-27-17(3)13-18-8-11-22(26(31)25(18)28(27)36)32-34-24-14-19(30)9-7-16(24)2/h4-14,36H,30-31H2,1-3H3,(H,37,38,39). The molecule has 6 N–H and O–H groups in total. The number of aromatic hydroxyl groups is 1. The van der Waals surface area contributed by atoms with Gasteiger partial charge < -0.3 is 16.6 Å². The van der Waals surface area contributed by atoms with Gasteiger partial charge in [0, 0.05) is 11.1 Å². The fourth-order valence-electron chi connectivity index (χ4n) is 4.60. The molecule has 40 heavy (non-hydrogen) atoms. The van der Waals surface area contributed by atoms with Crippen LogP contribution in [0.5, 0.6) is 5.75 Å². The van der Waals surface area contributed by atoms with Crippen molar-refractivity contribution in [2.45, 2.75) is 25.7 Å². The second-order valence-corrected chi connectivity index (χ2v) is 10.9. The van der Waals surface area contributed by atoms with Crippen molar-refractivity contribution >= 4 is 65.8 Å². The van der Waals surface area contributed by atoms with E-state index in [9.17, 15) is 18.1 Å². The van der Waals surface area contributed by atoms with Crippen LogP contribution in [0.15, 0.2) is 92.1 Å². The van der Waals surface area contributed by atoms with Gasteiger partial charge >= 0.3 is 0 Å². The maximum atomic E-state index is 12.3.